The van der Waals surface area contributed by atoms with Gasteiger partial charge in [0.05, 0.1) is 10.3 Å². The third-order valence-electron chi connectivity index (χ3n) is 4.45. The van der Waals surface area contributed by atoms with E-state index in [-0.39, 0.29) is 5.91 Å². The molecule has 2 heterocycles. The van der Waals surface area contributed by atoms with Crippen molar-refractivity contribution in [3.63, 3.8) is 0 Å². The van der Waals surface area contributed by atoms with E-state index in [9.17, 15) is 4.79 Å². The van der Waals surface area contributed by atoms with Crippen LogP contribution in [-0.4, -0.2) is 48.4 Å². The maximum atomic E-state index is 12.2. The van der Waals surface area contributed by atoms with Crippen LogP contribution in [0.3, 0.4) is 0 Å². The molecule has 0 bridgehead atoms. The monoisotopic (exact) mass is 421 g/mol. The quantitative estimate of drug-likeness (QED) is 0.777. The van der Waals surface area contributed by atoms with Crippen molar-refractivity contribution in [3.8, 4) is 0 Å². The first-order valence-corrected chi connectivity index (χ1v) is 10.2. The van der Waals surface area contributed by atoms with Crippen LogP contribution in [0.5, 0.6) is 0 Å². The van der Waals surface area contributed by atoms with E-state index in [1.807, 2.05) is 0 Å². The molecule has 1 amide bonds. The molecule has 0 spiro atoms. The zero-order chi connectivity index (χ0) is 17.6. The molecule has 0 aliphatic carbocycles. The topological polar surface area (TPSA) is 35.6 Å². The smallest absolute Gasteiger partial charge is 0.234 e. The number of carbonyl (C=O) groups is 1. The van der Waals surface area contributed by atoms with Crippen molar-refractivity contribution in [2.24, 2.45) is 0 Å². The van der Waals surface area contributed by atoms with E-state index < -0.39 is 0 Å². The molecular weight excluding hydrogens is 398 g/mol. The SMILES string of the molecule is Cc1ccc(CNC(=O)CN2CCN(Cc3ccc(Br)s3)CC2)cc1. The van der Waals surface area contributed by atoms with Crippen molar-refractivity contribution < 1.29 is 4.79 Å². The van der Waals surface area contributed by atoms with E-state index in [1.54, 1.807) is 11.3 Å². The highest BCUT2D eigenvalue weighted by atomic mass is 79.9. The van der Waals surface area contributed by atoms with Crippen LogP contribution in [0.25, 0.3) is 0 Å². The average molecular weight is 422 g/mol. The van der Waals surface area contributed by atoms with Crippen LogP contribution < -0.4 is 5.32 Å². The Morgan fingerprint density at radius 2 is 1.76 bits per heavy atom. The Kier molecular flexibility index (Phi) is 6.64. The Hall–Kier alpha value is -1.21. The molecule has 1 saturated heterocycles. The zero-order valence-corrected chi connectivity index (χ0v) is 16.9. The first-order chi connectivity index (χ1) is 12.1. The molecule has 1 aromatic carbocycles. The van der Waals surface area contributed by atoms with E-state index in [2.05, 4.69) is 74.4 Å². The van der Waals surface area contributed by atoms with E-state index in [0.29, 0.717) is 13.1 Å². The lowest BCUT2D eigenvalue weighted by molar-refractivity contribution is -0.122. The van der Waals surface area contributed by atoms with Crippen LogP contribution in [0.15, 0.2) is 40.2 Å². The summed E-state index contributed by atoms with van der Waals surface area (Å²) in [7, 11) is 0. The normalized spacial score (nSPS) is 16.1. The van der Waals surface area contributed by atoms with Gasteiger partial charge in [0, 0.05) is 44.1 Å². The number of aryl methyl sites for hydroxylation is 1. The number of nitrogens with one attached hydrogen (secondary N) is 1. The molecule has 6 heteroatoms. The van der Waals surface area contributed by atoms with Gasteiger partial charge in [0.15, 0.2) is 0 Å². The lowest BCUT2D eigenvalue weighted by Crippen LogP contribution is -2.48. The van der Waals surface area contributed by atoms with Gasteiger partial charge < -0.3 is 5.32 Å². The number of hydrogen-bond donors (Lipinski definition) is 1. The number of nitrogens with zero attached hydrogens (tertiary/aromatic N) is 2. The Labute approximate surface area is 162 Å². The fourth-order valence-electron chi connectivity index (χ4n) is 2.93. The second kappa shape index (κ2) is 8.94. The summed E-state index contributed by atoms with van der Waals surface area (Å²) >= 11 is 5.31. The third kappa shape index (κ3) is 5.92. The number of benzene rings is 1. The molecule has 0 radical (unpaired) electrons. The summed E-state index contributed by atoms with van der Waals surface area (Å²) < 4.78 is 1.19. The van der Waals surface area contributed by atoms with Gasteiger partial charge >= 0.3 is 0 Å². The third-order valence-corrected chi connectivity index (χ3v) is 6.06. The van der Waals surface area contributed by atoms with Crippen LogP contribution >= 0.6 is 27.3 Å². The minimum Gasteiger partial charge on any atom is -0.351 e. The molecule has 0 unspecified atom stereocenters. The fraction of sp³-hybridized carbons (Fsp3) is 0.421. The highest BCUT2D eigenvalue weighted by Gasteiger charge is 2.19. The van der Waals surface area contributed by atoms with Gasteiger partial charge in [0.2, 0.25) is 5.91 Å². The van der Waals surface area contributed by atoms with Gasteiger partial charge in [0.1, 0.15) is 0 Å². The van der Waals surface area contributed by atoms with Crippen LogP contribution in [0.2, 0.25) is 0 Å². The lowest BCUT2D eigenvalue weighted by Gasteiger charge is -2.34. The summed E-state index contributed by atoms with van der Waals surface area (Å²) in [6.45, 7) is 8.09. The maximum absolute atomic E-state index is 12.2. The molecule has 0 saturated carbocycles. The summed E-state index contributed by atoms with van der Waals surface area (Å²) in [6, 6.07) is 12.6. The molecule has 1 aliphatic heterocycles. The van der Waals surface area contributed by atoms with Gasteiger partial charge in [-0.15, -0.1) is 11.3 Å². The summed E-state index contributed by atoms with van der Waals surface area (Å²) in [5.41, 5.74) is 2.38. The average Bonchev–Trinajstić information content (AvgIpc) is 3.01. The zero-order valence-electron chi connectivity index (χ0n) is 14.5. The number of halogens is 1. The molecule has 1 fully saturated rings. The summed E-state index contributed by atoms with van der Waals surface area (Å²) in [4.78, 5) is 18.2. The van der Waals surface area contributed by atoms with Crippen LogP contribution in [-0.2, 0) is 17.9 Å². The Morgan fingerprint density at radius 3 is 2.40 bits per heavy atom. The van der Waals surface area contributed by atoms with Gasteiger partial charge in [-0.05, 0) is 40.5 Å². The van der Waals surface area contributed by atoms with E-state index in [1.165, 1.54) is 14.2 Å². The van der Waals surface area contributed by atoms with Gasteiger partial charge in [0.25, 0.3) is 0 Å². The molecule has 134 valence electrons. The predicted octanol–water partition coefficient (Wildman–Crippen LogP) is 3.25. The van der Waals surface area contributed by atoms with E-state index in [0.717, 1.165) is 38.3 Å². The number of hydrogen-bond acceptors (Lipinski definition) is 4. The number of thiophene rings is 1. The van der Waals surface area contributed by atoms with Crippen LogP contribution in [0.4, 0.5) is 0 Å². The molecule has 1 aromatic heterocycles. The standard InChI is InChI=1S/C19H24BrN3OS/c1-15-2-4-16(5-3-15)12-21-19(24)14-23-10-8-22(9-11-23)13-17-6-7-18(20)25-17/h2-7H,8-14H2,1H3,(H,21,24). The molecule has 3 rings (SSSR count). The minimum atomic E-state index is 0.108. The van der Waals surface area contributed by atoms with E-state index >= 15 is 0 Å². The number of carbonyl (C=O) groups excluding carboxylic acids is 1. The predicted molar refractivity (Wildman–Crippen MR) is 107 cm³/mol. The second-order valence-electron chi connectivity index (χ2n) is 6.52. The Bertz CT molecular complexity index is 693. The molecule has 0 atom stereocenters. The summed E-state index contributed by atoms with van der Waals surface area (Å²) in [5, 5.41) is 3.02. The molecule has 1 aliphatic rings. The first kappa shape index (κ1) is 18.6. The largest absolute Gasteiger partial charge is 0.351 e. The summed E-state index contributed by atoms with van der Waals surface area (Å²) in [5.74, 6) is 0.108. The fourth-order valence-corrected chi connectivity index (χ4v) is 4.45. The first-order valence-electron chi connectivity index (χ1n) is 8.59. The van der Waals surface area contributed by atoms with Crippen molar-refractivity contribution in [2.45, 2.75) is 20.0 Å². The number of amides is 1. The highest BCUT2D eigenvalue weighted by Crippen LogP contribution is 2.23. The van der Waals surface area contributed by atoms with Crippen molar-refractivity contribution in [3.05, 3.63) is 56.2 Å². The van der Waals surface area contributed by atoms with Gasteiger partial charge in [-0.3, -0.25) is 14.6 Å². The molecule has 2 aromatic rings. The van der Waals surface area contributed by atoms with E-state index in [4.69, 9.17) is 0 Å². The second-order valence-corrected chi connectivity index (χ2v) is 9.07. The lowest BCUT2D eigenvalue weighted by atomic mass is 10.1. The number of rotatable bonds is 6. The Balaban J connectivity index is 1.36. The van der Waals surface area contributed by atoms with Gasteiger partial charge in [-0.2, -0.15) is 0 Å². The minimum absolute atomic E-state index is 0.108. The van der Waals surface area contributed by atoms with Crippen molar-refractivity contribution in [1.29, 1.82) is 0 Å². The Morgan fingerprint density at radius 1 is 1.08 bits per heavy atom. The molecule has 4 nitrogen and oxygen atoms in total. The van der Waals surface area contributed by atoms with Crippen molar-refractivity contribution in [2.75, 3.05) is 32.7 Å². The van der Waals surface area contributed by atoms with Crippen molar-refractivity contribution in [1.82, 2.24) is 15.1 Å². The molecule has 25 heavy (non-hydrogen) atoms. The van der Waals surface area contributed by atoms with Crippen molar-refractivity contribution >= 4 is 33.2 Å². The maximum Gasteiger partial charge on any atom is 0.234 e. The molecular formula is C19H24BrN3OS. The van der Waals surface area contributed by atoms with Crippen LogP contribution in [0, 0.1) is 6.92 Å². The van der Waals surface area contributed by atoms with Crippen LogP contribution in [0.1, 0.15) is 16.0 Å². The highest BCUT2D eigenvalue weighted by molar-refractivity contribution is 9.11. The van der Waals surface area contributed by atoms with Gasteiger partial charge in [-0.25, -0.2) is 0 Å². The molecule has 1 N–H and O–H groups in total. The number of piperazine rings is 1. The van der Waals surface area contributed by atoms with Gasteiger partial charge in [-0.1, -0.05) is 29.8 Å². The summed E-state index contributed by atoms with van der Waals surface area (Å²) in [6.07, 6.45) is 0.